The summed E-state index contributed by atoms with van der Waals surface area (Å²) in [5, 5.41) is 0. The molecule has 2 saturated carbocycles. The van der Waals surface area contributed by atoms with Crippen LogP contribution in [0.1, 0.15) is 85.0 Å². The second-order valence-electron chi connectivity index (χ2n) is 11.8. The standard InChI is InChI=1S/C28H41NO3/c1-19(30)23-8-9-24-22-7-6-20-18-21(32-26(31)12-17-29-15-4-5-16-29)10-13-27(20,2)25(22)11-14-28(23,24)3/h8,18,20,22,24-25H,4-7,9-17H2,1-3H3/t20-,22+,24+,25+,27-,28+/m0/s1. The molecule has 1 heterocycles. The van der Waals surface area contributed by atoms with Crippen molar-refractivity contribution in [3.05, 3.63) is 23.5 Å². The van der Waals surface area contributed by atoms with E-state index in [1.807, 2.05) is 0 Å². The van der Waals surface area contributed by atoms with E-state index >= 15 is 0 Å². The quantitative estimate of drug-likeness (QED) is 0.517. The molecule has 0 bridgehead atoms. The largest absolute Gasteiger partial charge is 0.431 e. The molecular formula is C28H41NO3. The van der Waals surface area contributed by atoms with Crippen molar-refractivity contribution in [1.29, 1.82) is 0 Å². The van der Waals surface area contributed by atoms with E-state index in [0.29, 0.717) is 23.7 Å². The molecule has 1 saturated heterocycles. The van der Waals surface area contributed by atoms with Gasteiger partial charge in [-0.15, -0.1) is 0 Å². The van der Waals surface area contributed by atoms with Crippen LogP contribution in [0.5, 0.6) is 0 Å². The molecule has 4 heteroatoms. The molecule has 6 atom stereocenters. The minimum atomic E-state index is -0.0531. The van der Waals surface area contributed by atoms with Crippen molar-refractivity contribution in [1.82, 2.24) is 4.90 Å². The zero-order valence-corrected chi connectivity index (χ0v) is 20.3. The van der Waals surface area contributed by atoms with Crippen LogP contribution < -0.4 is 0 Å². The summed E-state index contributed by atoms with van der Waals surface area (Å²) in [7, 11) is 0. The number of carbonyl (C=O) groups is 2. The van der Waals surface area contributed by atoms with Crippen molar-refractivity contribution in [2.75, 3.05) is 19.6 Å². The van der Waals surface area contributed by atoms with Crippen molar-refractivity contribution in [2.24, 2.45) is 34.5 Å². The molecular weight excluding hydrogens is 398 g/mol. The summed E-state index contributed by atoms with van der Waals surface area (Å²) in [6.07, 6.45) is 15.5. The third-order valence-corrected chi connectivity index (χ3v) is 10.3. The molecule has 176 valence electrons. The lowest BCUT2D eigenvalue weighted by atomic mass is 9.45. The average Bonchev–Trinajstić information content (AvgIpc) is 3.39. The van der Waals surface area contributed by atoms with Crippen LogP contribution in [0.2, 0.25) is 0 Å². The van der Waals surface area contributed by atoms with E-state index in [9.17, 15) is 9.59 Å². The maximum Gasteiger partial charge on any atom is 0.312 e. The van der Waals surface area contributed by atoms with Gasteiger partial charge in [-0.1, -0.05) is 19.9 Å². The number of hydrogen-bond acceptors (Lipinski definition) is 4. The number of hydrogen-bond donors (Lipinski definition) is 0. The van der Waals surface area contributed by atoms with Gasteiger partial charge in [0, 0.05) is 13.0 Å². The van der Waals surface area contributed by atoms with E-state index < -0.39 is 0 Å². The van der Waals surface area contributed by atoms with Gasteiger partial charge in [-0.2, -0.15) is 0 Å². The first kappa shape index (κ1) is 22.4. The highest BCUT2D eigenvalue weighted by atomic mass is 16.5. The molecule has 4 nitrogen and oxygen atoms in total. The summed E-state index contributed by atoms with van der Waals surface area (Å²) in [5.74, 6) is 3.76. The minimum Gasteiger partial charge on any atom is -0.431 e. The summed E-state index contributed by atoms with van der Waals surface area (Å²) >= 11 is 0. The van der Waals surface area contributed by atoms with Crippen LogP contribution in [-0.2, 0) is 14.3 Å². The van der Waals surface area contributed by atoms with Crippen molar-refractivity contribution in [3.8, 4) is 0 Å². The van der Waals surface area contributed by atoms with Crippen LogP contribution in [0.25, 0.3) is 0 Å². The average molecular weight is 440 g/mol. The molecule has 0 unspecified atom stereocenters. The Balaban J connectivity index is 1.24. The van der Waals surface area contributed by atoms with Crippen molar-refractivity contribution >= 4 is 11.8 Å². The van der Waals surface area contributed by atoms with Crippen LogP contribution in [-0.4, -0.2) is 36.3 Å². The fourth-order valence-electron chi connectivity index (χ4n) is 8.48. The first-order valence-electron chi connectivity index (χ1n) is 13.2. The lowest BCUT2D eigenvalue weighted by Crippen LogP contribution is -2.52. The van der Waals surface area contributed by atoms with Crippen LogP contribution in [0.3, 0.4) is 0 Å². The Bertz CT molecular complexity index is 838. The second-order valence-corrected chi connectivity index (χ2v) is 11.8. The molecule has 1 aliphatic heterocycles. The van der Waals surface area contributed by atoms with E-state index in [0.717, 1.165) is 68.5 Å². The Morgan fingerprint density at radius 2 is 1.88 bits per heavy atom. The molecule has 5 rings (SSSR count). The highest BCUT2D eigenvalue weighted by molar-refractivity contribution is 5.95. The summed E-state index contributed by atoms with van der Waals surface area (Å²) in [6.45, 7) is 9.72. The van der Waals surface area contributed by atoms with Crippen LogP contribution in [0.15, 0.2) is 23.5 Å². The molecule has 4 aliphatic carbocycles. The topological polar surface area (TPSA) is 46.6 Å². The molecule has 0 amide bonds. The predicted octanol–water partition coefficient (Wildman–Crippen LogP) is 5.68. The molecule has 0 spiro atoms. The zero-order valence-electron chi connectivity index (χ0n) is 20.3. The number of ether oxygens (including phenoxy) is 1. The normalized spacial score (nSPS) is 41.2. The smallest absolute Gasteiger partial charge is 0.312 e. The monoisotopic (exact) mass is 439 g/mol. The summed E-state index contributed by atoms with van der Waals surface area (Å²) in [4.78, 5) is 27.1. The number of fused-ring (bicyclic) bond motifs is 5. The van der Waals surface area contributed by atoms with Gasteiger partial charge in [-0.05, 0) is 118 Å². The van der Waals surface area contributed by atoms with Crippen molar-refractivity contribution in [3.63, 3.8) is 0 Å². The van der Waals surface area contributed by atoms with Gasteiger partial charge in [0.25, 0.3) is 0 Å². The van der Waals surface area contributed by atoms with Gasteiger partial charge in [0.15, 0.2) is 5.78 Å². The molecule has 0 aromatic rings. The molecule has 0 N–H and O–H groups in total. The number of likely N-dealkylation sites (tertiary alicyclic amines) is 1. The maximum absolute atomic E-state index is 12.5. The Labute approximate surface area is 193 Å². The molecule has 5 aliphatic rings. The lowest BCUT2D eigenvalue weighted by molar-refractivity contribution is -0.141. The Morgan fingerprint density at radius 3 is 2.62 bits per heavy atom. The lowest BCUT2D eigenvalue weighted by Gasteiger charge is -2.59. The fourth-order valence-corrected chi connectivity index (χ4v) is 8.48. The highest BCUT2D eigenvalue weighted by Gasteiger charge is 2.58. The number of allylic oxidation sites excluding steroid dienone is 4. The zero-order chi connectivity index (χ0) is 22.5. The Morgan fingerprint density at radius 1 is 1.09 bits per heavy atom. The Kier molecular flexibility index (Phi) is 5.89. The minimum absolute atomic E-state index is 0.0531. The van der Waals surface area contributed by atoms with Crippen molar-refractivity contribution < 1.29 is 14.3 Å². The van der Waals surface area contributed by atoms with Crippen LogP contribution in [0, 0.1) is 34.5 Å². The number of carbonyl (C=O) groups excluding carboxylic acids is 2. The molecule has 0 aromatic heterocycles. The third kappa shape index (κ3) is 3.71. The van der Waals surface area contributed by atoms with Gasteiger partial charge in [-0.3, -0.25) is 9.59 Å². The van der Waals surface area contributed by atoms with Gasteiger partial charge >= 0.3 is 5.97 Å². The molecule has 0 aromatic carbocycles. The van der Waals surface area contributed by atoms with Crippen molar-refractivity contribution in [2.45, 2.75) is 85.0 Å². The van der Waals surface area contributed by atoms with E-state index in [4.69, 9.17) is 4.74 Å². The van der Waals surface area contributed by atoms with Gasteiger partial charge in [0.1, 0.15) is 5.76 Å². The number of rotatable bonds is 5. The maximum atomic E-state index is 12.5. The first-order chi connectivity index (χ1) is 15.3. The first-order valence-corrected chi connectivity index (χ1v) is 13.2. The van der Waals surface area contributed by atoms with Gasteiger partial charge < -0.3 is 9.64 Å². The number of ketones is 1. The van der Waals surface area contributed by atoms with Crippen LogP contribution in [0.4, 0.5) is 0 Å². The van der Waals surface area contributed by atoms with Crippen LogP contribution >= 0.6 is 0 Å². The summed E-state index contributed by atoms with van der Waals surface area (Å²) < 4.78 is 5.86. The Hall–Kier alpha value is -1.42. The number of esters is 1. The van der Waals surface area contributed by atoms with E-state index in [1.165, 1.54) is 32.1 Å². The van der Waals surface area contributed by atoms with Gasteiger partial charge in [0.05, 0.1) is 6.42 Å². The fraction of sp³-hybridized carbons (Fsp3) is 0.786. The number of nitrogens with zero attached hydrogens (tertiary/aromatic N) is 1. The highest BCUT2D eigenvalue weighted by Crippen LogP contribution is 2.66. The second kappa shape index (κ2) is 8.42. The summed E-state index contributed by atoms with van der Waals surface area (Å²) in [5.41, 5.74) is 1.51. The molecule has 0 radical (unpaired) electrons. The van der Waals surface area contributed by atoms with E-state index in [2.05, 4.69) is 30.9 Å². The van der Waals surface area contributed by atoms with Gasteiger partial charge in [0.2, 0.25) is 0 Å². The number of Topliss-reactive ketones (excluding diaryl/α,β-unsaturated/α-hetero) is 1. The predicted molar refractivity (Wildman–Crippen MR) is 126 cm³/mol. The van der Waals surface area contributed by atoms with Gasteiger partial charge in [-0.25, -0.2) is 0 Å². The van der Waals surface area contributed by atoms with E-state index in [1.54, 1.807) is 6.92 Å². The molecule has 3 fully saturated rings. The van der Waals surface area contributed by atoms with E-state index in [-0.39, 0.29) is 17.2 Å². The summed E-state index contributed by atoms with van der Waals surface area (Å²) in [6, 6.07) is 0. The molecule has 32 heavy (non-hydrogen) atoms. The SMILES string of the molecule is CC(=O)C1=CC[C@@H]2[C@H]3CC[C@H]4C=C(OC(=O)CCN5CCCC5)CC[C@]4(C)[C@@H]3CC[C@]12C. The third-order valence-electron chi connectivity index (χ3n) is 10.3.